The summed E-state index contributed by atoms with van der Waals surface area (Å²) in [7, 11) is 0.419. The van der Waals surface area contributed by atoms with Gasteiger partial charge in [0.15, 0.2) is 0 Å². The molecule has 0 fully saturated rings. The van der Waals surface area contributed by atoms with Gasteiger partial charge in [0.25, 0.3) is 5.91 Å². The molecular formula is C29H34N4O3S. The molecule has 0 bridgehead atoms. The summed E-state index contributed by atoms with van der Waals surface area (Å²) in [6.07, 6.45) is 1.44. The van der Waals surface area contributed by atoms with Crippen LogP contribution in [0.4, 0.5) is 17.1 Å². The predicted octanol–water partition coefficient (Wildman–Crippen LogP) is 5.12. The van der Waals surface area contributed by atoms with Crippen molar-refractivity contribution in [3.8, 4) is 0 Å². The summed E-state index contributed by atoms with van der Waals surface area (Å²) in [5.41, 5.74) is 5.14. The first-order valence-electron chi connectivity index (χ1n) is 12.5. The maximum absolute atomic E-state index is 13.1. The molecule has 8 heteroatoms. The van der Waals surface area contributed by atoms with E-state index in [-0.39, 0.29) is 11.7 Å². The molecule has 1 heterocycles. The number of fused-ring (bicyclic) bond motifs is 1. The van der Waals surface area contributed by atoms with Crippen LogP contribution < -0.4 is 14.9 Å². The highest BCUT2D eigenvalue weighted by molar-refractivity contribution is 7.92. The number of rotatable bonds is 11. The SMILES string of the molecule is CCCCS(=O)(=O)N(CCN(C)C)c1ccc(NC(=C2C(=O)Nc3ccccc32)c2ccccc2)cc1. The van der Waals surface area contributed by atoms with Crippen molar-refractivity contribution < 1.29 is 13.2 Å². The van der Waals surface area contributed by atoms with Gasteiger partial charge in [0.2, 0.25) is 10.0 Å². The first kappa shape index (κ1) is 26.4. The number of hydrogen-bond acceptors (Lipinski definition) is 5. The van der Waals surface area contributed by atoms with Crippen LogP contribution in [-0.2, 0) is 14.8 Å². The maximum atomic E-state index is 13.1. The van der Waals surface area contributed by atoms with Gasteiger partial charge in [0, 0.05) is 30.0 Å². The van der Waals surface area contributed by atoms with Crippen LogP contribution in [0.1, 0.15) is 30.9 Å². The van der Waals surface area contributed by atoms with Crippen molar-refractivity contribution in [3.05, 3.63) is 90.0 Å². The number of carbonyl (C=O) groups is 1. The summed E-state index contributed by atoms with van der Waals surface area (Å²) in [6.45, 7) is 2.98. The van der Waals surface area contributed by atoms with Crippen molar-refractivity contribution in [1.82, 2.24) is 4.90 Å². The Hall–Kier alpha value is -3.62. The number of para-hydroxylation sites is 1. The van der Waals surface area contributed by atoms with Crippen molar-refractivity contribution in [3.63, 3.8) is 0 Å². The molecule has 1 aliphatic rings. The van der Waals surface area contributed by atoms with Gasteiger partial charge in [-0.1, -0.05) is 61.9 Å². The lowest BCUT2D eigenvalue weighted by Crippen LogP contribution is -2.38. The highest BCUT2D eigenvalue weighted by atomic mass is 32.2. The van der Waals surface area contributed by atoms with Crippen LogP contribution in [0.25, 0.3) is 11.3 Å². The third-order valence-electron chi connectivity index (χ3n) is 6.25. The Bertz CT molecular complexity index is 1370. The molecule has 0 atom stereocenters. The van der Waals surface area contributed by atoms with E-state index in [4.69, 9.17) is 0 Å². The lowest BCUT2D eigenvalue weighted by Gasteiger charge is -2.26. The predicted molar refractivity (Wildman–Crippen MR) is 153 cm³/mol. The molecule has 4 rings (SSSR count). The van der Waals surface area contributed by atoms with Crippen molar-refractivity contribution in [2.24, 2.45) is 0 Å². The number of carbonyl (C=O) groups excluding carboxylic acids is 1. The van der Waals surface area contributed by atoms with Gasteiger partial charge in [-0.15, -0.1) is 0 Å². The third kappa shape index (κ3) is 6.21. The molecule has 37 heavy (non-hydrogen) atoms. The highest BCUT2D eigenvalue weighted by Gasteiger charge is 2.28. The quantitative estimate of drug-likeness (QED) is 0.345. The molecular weight excluding hydrogens is 484 g/mol. The van der Waals surface area contributed by atoms with Gasteiger partial charge in [0.05, 0.1) is 22.7 Å². The Kier molecular flexibility index (Phi) is 8.31. The van der Waals surface area contributed by atoms with Gasteiger partial charge in [-0.3, -0.25) is 9.10 Å². The maximum Gasteiger partial charge on any atom is 0.258 e. The number of likely N-dealkylation sites (N-methyl/N-ethyl adjacent to an activating group) is 1. The monoisotopic (exact) mass is 518 g/mol. The van der Waals surface area contributed by atoms with E-state index in [2.05, 4.69) is 10.6 Å². The highest BCUT2D eigenvalue weighted by Crippen LogP contribution is 2.37. The Morgan fingerprint density at radius 2 is 1.57 bits per heavy atom. The average Bonchev–Trinajstić information content (AvgIpc) is 3.22. The van der Waals surface area contributed by atoms with Crippen LogP contribution in [0.5, 0.6) is 0 Å². The Morgan fingerprint density at radius 1 is 0.892 bits per heavy atom. The Morgan fingerprint density at radius 3 is 2.24 bits per heavy atom. The largest absolute Gasteiger partial charge is 0.354 e. The molecule has 2 N–H and O–H groups in total. The first-order valence-corrected chi connectivity index (χ1v) is 14.1. The van der Waals surface area contributed by atoms with Crippen LogP contribution in [0.15, 0.2) is 78.9 Å². The van der Waals surface area contributed by atoms with Gasteiger partial charge in [-0.25, -0.2) is 8.42 Å². The molecule has 1 amide bonds. The zero-order valence-electron chi connectivity index (χ0n) is 21.6. The van der Waals surface area contributed by atoms with E-state index in [0.717, 1.165) is 28.9 Å². The number of nitrogens with zero attached hydrogens (tertiary/aromatic N) is 2. The minimum absolute atomic E-state index is 0.121. The summed E-state index contributed by atoms with van der Waals surface area (Å²) < 4.78 is 27.7. The van der Waals surface area contributed by atoms with Gasteiger partial charge in [0.1, 0.15) is 0 Å². The smallest absolute Gasteiger partial charge is 0.258 e. The molecule has 0 spiro atoms. The number of benzene rings is 3. The number of amides is 1. The second-order valence-electron chi connectivity index (χ2n) is 9.33. The fourth-order valence-corrected chi connectivity index (χ4v) is 5.94. The summed E-state index contributed by atoms with van der Waals surface area (Å²) >= 11 is 0. The normalized spacial score (nSPS) is 14.3. The van der Waals surface area contributed by atoms with E-state index >= 15 is 0 Å². The third-order valence-corrected chi connectivity index (χ3v) is 8.12. The molecule has 3 aromatic carbocycles. The van der Waals surface area contributed by atoms with E-state index in [1.165, 1.54) is 4.31 Å². The van der Waals surface area contributed by atoms with E-state index in [9.17, 15) is 13.2 Å². The van der Waals surface area contributed by atoms with Crippen molar-refractivity contribution in [2.45, 2.75) is 19.8 Å². The van der Waals surface area contributed by atoms with Crippen LogP contribution >= 0.6 is 0 Å². The minimum Gasteiger partial charge on any atom is -0.354 e. The Labute approximate surface area is 219 Å². The fraction of sp³-hybridized carbons (Fsp3) is 0.276. The van der Waals surface area contributed by atoms with E-state index in [0.29, 0.717) is 36.5 Å². The van der Waals surface area contributed by atoms with Crippen molar-refractivity contribution in [2.75, 3.05) is 47.9 Å². The summed E-state index contributed by atoms with van der Waals surface area (Å²) in [5, 5.41) is 6.39. The van der Waals surface area contributed by atoms with E-state index in [1.807, 2.05) is 105 Å². The molecule has 1 aliphatic heterocycles. The minimum atomic E-state index is -3.44. The number of sulfonamides is 1. The van der Waals surface area contributed by atoms with E-state index in [1.54, 1.807) is 0 Å². The second kappa shape index (κ2) is 11.6. The van der Waals surface area contributed by atoms with Crippen molar-refractivity contribution in [1.29, 1.82) is 0 Å². The zero-order chi connectivity index (χ0) is 26.4. The fourth-order valence-electron chi connectivity index (χ4n) is 4.26. The summed E-state index contributed by atoms with van der Waals surface area (Å²) in [5.74, 6) is -0.0450. The van der Waals surface area contributed by atoms with Gasteiger partial charge in [-0.05, 0) is 56.4 Å². The van der Waals surface area contributed by atoms with Crippen LogP contribution in [-0.4, -0.2) is 52.2 Å². The lowest BCUT2D eigenvalue weighted by atomic mass is 10.00. The van der Waals surface area contributed by atoms with Crippen LogP contribution in [0.3, 0.4) is 0 Å². The number of unbranched alkanes of at least 4 members (excludes halogenated alkanes) is 1. The lowest BCUT2D eigenvalue weighted by molar-refractivity contribution is -0.110. The molecule has 0 radical (unpaired) electrons. The topological polar surface area (TPSA) is 81.8 Å². The van der Waals surface area contributed by atoms with Crippen LogP contribution in [0, 0.1) is 0 Å². The van der Waals surface area contributed by atoms with Gasteiger partial charge >= 0.3 is 0 Å². The van der Waals surface area contributed by atoms with Crippen molar-refractivity contribution >= 4 is 44.3 Å². The molecule has 7 nitrogen and oxygen atoms in total. The van der Waals surface area contributed by atoms with E-state index < -0.39 is 10.0 Å². The Balaban J connectivity index is 1.69. The van der Waals surface area contributed by atoms with Gasteiger partial charge < -0.3 is 15.5 Å². The standard InChI is InChI=1S/C29H34N4O3S/c1-4-5-21-37(35,36)33(20-19-32(2)3)24-17-15-23(16-18-24)30-28(22-11-7-6-8-12-22)27-25-13-9-10-14-26(25)31-29(27)34/h6-18,30H,4-5,19-21H2,1-3H3,(H,31,34). The average molecular weight is 519 g/mol. The molecule has 0 saturated heterocycles. The number of hydrogen-bond donors (Lipinski definition) is 2. The molecule has 0 aromatic heterocycles. The summed E-state index contributed by atoms with van der Waals surface area (Å²) in [6, 6.07) is 24.7. The van der Waals surface area contributed by atoms with Crippen LogP contribution in [0.2, 0.25) is 0 Å². The zero-order valence-corrected chi connectivity index (χ0v) is 22.4. The summed E-state index contributed by atoms with van der Waals surface area (Å²) in [4.78, 5) is 15.0. The molecule has 0 aliphatic carbocycles. The second-order valence-corrected chi connectivity index (χ2v) is 11.3. The molecule has 3 aromatic rings. The number of nitrogens with one attached hydrogen (secondary N) is 2. The van der Waals surface area contributed by atoms with Gasteiger partial charge in [-0.2, -0.15) is 0 Å². The molecule has 0 unspecified atom stereocenters. The first-order chi connectivity index (χ1) is 17.8. The number of anilines is 3. The molecule has 194 valence electrons. The molecule has 0 saturated carbocycles.